The van der Waals surface area contributed by atoms with Crippen LogP contribution < -0.4 is 0 Å². The van der Waals surface area contributed by atoms with E-state index in [2.05, 4.69) is 4.98 Å². The molecule has 0 saturated heterocycles. The van der Waals surface area contributed by atoms with Gasteiger partial charge in [-0.2, -0.15) is 0 Å². The minimum atomic E-state index is -3.54. The van der Waals surface area contributed by atoms with Gasteiger partial charge in [-0.15, -0.1) is 0 Å². The highest BCUT2D eigenvalue weighted by Gasteiger charge is 2.29. The van der Waals surface area contributed by atoms with Gasteiger partial charge in [-0.1, -0.05) is 24.3 Å². The van der Waals surface area contributed by atoms with Gasteiger partial charge in [0, 0.05) is 6.20 Å². The first-order valence-electron chi connectivity index (χ1n) is 6.77. The lowest BCUT2D eigenvalue weighted by atomic mass is 10.2. The van der Waals surface area contributed by atoms with Crippen molar-refractivity contribution in [3.63, 3.8) is 0 Å². The van der Waals surface area contributed by atoms with Crippen LogP contribution in [0.4, 0.5) is 0 Å². The van der Waals surface area contributed by atoms with E-state index < -0.39 is 9.84 Å². The van der Waals surface area contributed by atoms with Crippen LogP contribution in [0.25, 0.3) is 5.76 Å². The van der Waals surface area contributed by atoms with Gasteiger partial charge in [0.05, 0.1) is 16.4 Å². The molecule has 0 bridgehead atoms. The average molecular weight is 301 g/mol. The molecule has 108 valence electrons. The number of ether oxygens (including phenoxy) is 1. The molecule has 5 heteroatoms. The highest BCUT2D eigenvalue weighted by molar-refractivity contribution is 7.95. The molecule has 0 spiro atoms. The molecule has 1 aliphatic rings. The van der Waals surface area contributed by atoms with E-state index in [4.69, 9.17) is 4.74 Å². The van der Waals surface area contributed by atoms with E-state index in [9.17, 15) is 8.42 Å². The standard InChI is InChI=1S/C16H15NO3S/c18-21(19,13-7-2-1-3-8-13)15-10-6-12-20-16(15)14-9-4-5-11-17-14/h1-5,7-9,11H,6,10,12H2. The van der Waals surface area contributed by atoms with Gasteiger partial charge in [0.25, 0.3) is 0 Å². The largest absolute Gasteiger partial charge is 0.490 e. The molecule has 1 aliphatic heterocycles. The van der Waals surface area contributed by atoms with Crippen molar-refractivity contribution in [2.75, 3.05) is 6.61 Å². The van der Waals surface area contributed by atoms with Crippen LogP contribution in [0.2, 0.25) is 0 Å². The van der Waals surface area contributed by atoms with Crippen molar-refractivity contribution in [3.8, 4) is 0 Å². The van der Waals surface area contributed by atoms with Gasteiger partial charge in [-0.25, -0.2) is 8.42 Å². The minimum Gasteiger partial charge on any atom is -0.490 e. The summed E-state index contributed by atoms with van der Waals surface area (Å²) < 4.78 is 31.2. The maximum Gasteiger partial charge on any atom is 0.206 e. The third-order valence-corrected chi connectivity index (χ3v) is 5.25. The molecular formula is C16H15NO3S. The summed E-state index contributed by atoms with van der Waals surface area (Å²) >= 11 is 0. The van der Waals surface area contributed by atoms with E-state index in [0.717, 1.165) is 0 Å². The van der Waals surface area contributed by atoms with E-state index in [1.807, 2.05) is 6.07 Å². The van der Waals surface area contributed by atoms with Gasteiger partial charge in [0.2, 0.25) is 9.84 Å². The zero-order chi connectivity index (χ0) is 14.7. The Morgan fingerprint density at radius 1 is 1.00 bits per heavy atom. The third-order valence-electron chi connectivity index (χ3n) is 3.32. The Labute approximate surface area is 124 Å². The summed E-state index contributed by atoms with van der Waals surface area (Å²) in [4.78, 5) is 4.82. The van der Waals surface area contributed by atoms with Crippen LogP contribution >= 0.6 is 0 Å². The number of benzene rings is 1. The first kappa shape index (κ1) is 13.8. The monoisotopic (exact) mass is 301 g/mol. The van der Waals surface area contributed by atoms with Crippen molar-refractivity contribution in [2.45, 2.75) is 17.7 Å². The number of allylic oxidation sites excluding steroid dienone is 1. The first-order valence-corrected chi connectivity index (χ1v) is 8.25. The summed E-state index contributed by atoms with van der Waals surface area (Å²) in [5, 5.41) is 0. The predicted molar refractivity (Wildman–Crippen MR) is 80.0 cm³/mol. The lowest BCUT2D eigenvalue weighted by Gasteiger charge is -2.21. The smallest absolute Gasteiger partial charge is 0.206 e. The van der Waals surface area contributed by atoms with E-state index >= 15 is 0 Å². The van der Waals surface area contributed by atoms with Gasteiger partial charge in [0.15, 0.2) is 5.76 Å². The van der Waals surface area contributed by atoms with E-state index in [1.165, 1.54) is 0 Å². The molecule has 0 atom stereocenters. The molecular weight excluding hydrogens is 286 g/mol. The SMILES string of the molecule is O=S(=O)(C1=C(c2ccccn2)OCCC1)c1ccccc1. The molecule has 4 nitrogen and oxygen atoms in total. The molecule has 21 heavy (non-hydrogen) atoms. The van der Waals surface area contributed by atoms with Crippen LogP contribution in [0.1, 0.15) is 18.5 Å². The number of hydrogen-bond acceptors (Lipinski definition) is 4. The fraction of sp³-hybridized carbons (Fsp3) is 0.188. The molecule has 0 radical (unpaired) electrons. The number of sulfone groups is 1. The van der Waals surface area contributed by atoms with Crippen LogP contribution in [0, 0.1) is 0 Å². The molecule has 2 aromatic rings. The number of aromatic nitrogens is 1. The van der Waals surface area contributed by atoms with Gasteiger partial charge in [0.1, 0.15) is 5.69 Å². The van der Waals surface area contributed by atoms with E-state index in [1.54, 1.807) is 48.7 Å². The fourth-order valence-corrected chi connectivity index (χ4v) is 3.93. The Balaban J connectivity index is 2.15. The molecule has 1 aromatic heterocycles. The van der Waals surface area contributed by atoms with Gasteiger partial charge < -0.3 is 4.74 Å². The van der Waals surface area contributed by atoms with Crippen molar-refractivity contribution >= 4 is 15.6 Å². The maximum atomic E-state index is 12.8. The normalized spacial score (nSPS) is 15.6. The molecule has 1 aromatic carbocycles. The highest BCUT2D eigenvalue weighted by Crippen LogP contribution is 2.33. The van der Waals surface area contributed by atoms with Crippen molar-refractivity contribution in [1.29, 1.82) is 0 Å². The molecule has 0 unspecified atom stereocenters. The highest BCUT2D eigenvalue weighted by atomic mass is 32.2. The lowest BCUT2D eigenvalue weighted by Crippen LogP contribution is -2.15. The second-order valence-electron chi connectivity index (χ2n) is 4.74. The summed E-state index contributed by atoms with van der Waals surface area (Å²) in [6, 6.07) is 13.8. The molecule has 0 saturated carbocycles. The fourth-order valence-electron chi connectivity index (χ4n) is 2.31. The minimum absolute atomic E-state index is 0.291. The molecule has 2 heterocycles. The van der Waals surface area contributed by atoms with Crippen molar-refractivity contribution in [1.82, 2.24) is 4.98 Å². The Hall–Kier alpha value is -2.14. The van der Waals surface area contributed by atoms with Crippen molar-refractivity contribution < 1.29 is 13.2 Å². The number of pyridine rings is 1. The van der Waals surface area contributed by atoms with Crippen LogP contribution in [-0.2, 0) is 14.6 Å². The Kier molecular flexibility index (Phi) is 3.75. The summed E-state index contributed by atoms with van der Waals surface area (Å²) in [6.07, 6.45) is 2.80. The molecule has 0 aliphatic carbocycles. The Morgan fingerprint density at radius 2 is 1.76 bits per heavy atom. The van der Waals surface area contributed by atoms with Gasteiger partial charge >= 0.3 is 0 Å². The number of rotatable bonds is 3. The molecule has 3 rings (SSSR count). The third kappa shape index (κ3) is 2.69. The second-order valence-corrected chi connectivity index (χ2v) is 6.71. The topological polar surface area (TPSA) is 56.3 Å². The first-order chi connectivity index (χ1) is 10.2. The average Bonchev–Trinajstić information content (AvgIpc) is 2.56. The zero-order valence-corrected chi connectivity index (χ0v) is 12.2. The number of nitrogens with zero attached hydrogens (tertiary/aromatic N) is 1. The summed E-state index contributed by atoms with van der Waals surface area (Å²) in [6.45, 7) is 0.514. The molecule has 0 N–H and O–H groups in total. The Bertz CT molecular complexity index is 753. The quantitative estimate of drug-likeness (QED) is 0.874. The van der Waals surface area contributed by atoms with Crippen LogP contribution in [0.5, 0.6) is 0 Å². The predicted octanol–water partition coefficient (Wildman–Crippen LogP) is 3.03. The molecule has 0 amide bonds. The lowest BCUT2D eigenvalue weighted by molar-refractivity contribution is 0.255. The molecule has 0 fully saturated rings. The van der Waals surface area contributed by atoms with E-state index in [0.29, 0.717) is 40.7 Å². The summed E-state index contributed by atoms with van der Waals surface area (Å²) in [7, 11) is -3.54. The second kappa shape index (κ2) is 5.69. The van der Waals surface area contributed by atoms with Gasteiger partial charge in [-0.05, 0) is 37.1 Å². The van der Waals surface area contributed by atoms with Crippen molar-refractivity contribution in [3.05, 3.63) is 65.3 Å². The maximum absolute atomic E-state index is 12.8. The zero-order valence-electron chi connectivity index (χ0n) is 11.4. The van der Waals surface area contributed by atoms with E-state index in [-0.39, 0.29) is 0 Å². The Morgan fingerprint density at radius 3 is 2.48 bits per heavy atom. The van der Waals surface area contributed by atoms with Gasteiger partial charge in [-0.3, -0.25) is 4.98 Å². The van der Waals surface area contributed by atoms with Crippen LogP contribution in [-0.4, -0.2) is 20.0 Å². The van der Waals surface area contributed by atoms with Crippen LogP contribution in [0.3, 0.4) is 0 Å². The summed E-state index contributed by atoms with van der Waals surface area (Å²) in [5.41, 5.74) is 0.562. The van der Waals surface area contributed by atoms with Crippen LogP contribution in [0.15, 0.2) is 64.5 Å². The summed E-state index contributed by atoms with van der Waals surface area (Å²) in [5.74, 6) is 0.380. The number of hydrogen-bond donors (Lipinski definition) is 0. The van der Waals surface area contributed by atoms with Crippen molar-refractivity contribution in [2.24, 2.45) is 0 Å².